The molecule has 0 N–H and O–H groups in total. The van der Waals surface area contributed by atoms with Crippen molar-refractivity contribution in [3.63, 3.8) is 0 Å². The lowest BCUT2D eigenvalue weighted by atomic mass is 10.2. The lowest BCUT2D eigenvalue weighted by Gasteiger charge is -2.13. The van der Waals surface area contributed by atoms with Crippen molar-refractivity contribution < 1.29 is 4.39 Å². The lowest BCUT2D eigenvalue weighted by Crippen LogP contribution is -2.24. The van der Waals surface area contributed by atoms with Crippen LogP contribution in [0.2, 0.25) is 5.02 Å². The van der Waals surface area contributed by atoms with E-state index in [0.29, 0.717) is 33.9 Å². The molecule has 5 heteroatoms. The summed E-state index contributed by atoms with van der Waals surface area (Å²) in [5, 5.41) is 0.705. The molecule has 0 amide bonds. The van der Waals surface area contributed by atoms with Gasteiger partial charge in [-0.05, 0) is 36.8 Å². The zero-order valence-electron chi connectivity index (χ0n) is 12.0. The minimum absolute atomic E-state index is 0.273. The van der Waals surface area contributed by atoms with E-state index in [1.165, 1.54) is 16.7 Å². The highest BCUT2D eigenvalue weighted by molar-refractivity contribution is 6.35. The van der Waals surface area contributed by atoms with Crippen molar-refractivity contribution in [2.75, 3.05) is 0 Å². The van der Waals surface area contributed by atoms with Gasteiger partial charge in [-0.15, -0.1) is 0 Å². The first-order valence-electron chi connectivity index (χ1n) is 7.08. The van der Waals surface area contributed by atoms with Gasteiger partial charge in [-0.1, -0.05) is 30.7 Å². The third kappa shape index (κ3) is 2.50. The van der Waals surface area contributed by atoms with Crippen molar-refractivity contribution in [3.05, 3.63) is 69.5 Å². The second-order valence-corrected chi connectivity index (χ2v) is 5.44. The van der Waals surface area contributed by atoms with Crippen LogP contribution in [0.4, 0.5) is 4.39 Å². The Morgan fingerprint density at radius 2 is 2.00 bits per heavy atom. The molecule has 3 aromatic rings. The van der Waals surface area contributed by atoms with Gasteiger partial charge in [0.25, 0.3) is 5.56 Å². The number of aryl methyl sites for hydroxylation is 1. The van der Waals surface area contributed by atoms with Crippen LogP contribution in [0.15, 0.2) is 47.3 Å². The van der Waals surface area contributed by atoms with Gasteiger partial charge in [-0.2, -0.15) is 0 Å². The van der Waals surface area contributed by atoms with Gasteiger partial charge in [-0.25, -0.2) is 9.37 Å². The van der Waals surface area contributed by atoms with Gasteiger partial charge in [0.05, 0.1) is 21.6 Å². The first-order valence-corrected chi connectivity index (χ1v) is 7.45. The number of hydrogen-bond donors (Lipinski definition) is 0. The first-order chi connectivity index (χ1) is 10.6. The quantitative estimate of drug-likeness (QED) is 0.728. The average Bonchev–Trinajstić information content (AvgIpc) is 2.47. The predicted octanol–water partition coefficient (Wildman–Crippen LogP) is 4.13. The summed E-state index contributed by atoms with van der Waals surface area (Å²) in [5.74, 6) is 0.207. The van der Waals surface area contributed by atoms with Gasteiger partial charge in [0.15, 0.2) is 0 Å². The Kier molecular flexibility index (Phi) is 3.94. The smallest absolute Gasteiger partial charge is 0.267 e. The number of benzene rings is 2. The molecule has 1 aromatic heterocycles. The Morgan fingerprint density at radius 1 is 1.23 bits per heavy atom. The maximum absolute atomic E-state index is 13.5. The van der Waals surface area contributed by atoms with E-state index in [-0.39, 0.29) is 5.56 Å². The van der Waals surface area contributed by atoms with Crippen molar-refractivity contribution in [3.8, 4) is 5.69 Å². The van der Waals surface area contributed by atoms with E-state index >= 15 is 0 Å². The lowest BCUT2D eigenvalue weighted by molar-refractivity contribution is 0.625. The Balaban J connectivity index is 2.41. The standard InChI is InChI=1S/C17H14ClFN2O/c1-2-5-15-20-14-9-4-8-13(18)16(14)17(22)21(15)12-7-3-6-11(19)10-12/h3-4,6-10H,2,5H2,1H3. The molecule has 3 nitrogen and oxygen atoms in total. The van der Waals surface area contributed by atoms with Crippen molar-refractivity contribution in [2.45, 2.75) is 19.8 Å². The van der Waals surface area contributed by atoms with Crippen LogP contribution in [0.25, 0.3) is 16.6 Å². The molecule has 0 fully saturated rings. The van der Waals surface area contributed by atoms with Crippen LogP contribution >= 0.6 is 11.6 Å². The van der Waals surface area contributed by atoms with Gasteiger partial charge in [0.2, 0.25) is 0 Å². The number of aromatic nitrogens is 2. The summed E-state index contributed by atoms with van der Waals surface area (Å²) in [6.45, 7) is 2.00. The molecule has 3 rings (SSSR count). The van der Waals surface area contributed by atoms with E-state index in [9.17, 15) is 9.18 Å². The highest BCUT2D eigenvalue weighted by Gasteiger charge is 2.14. The number of halogens is 2. The van der Waals surface area contributed by atoms with Crippen molar-refractivity contribution in [1.29, 1.82) is 0 Å². The molecular formula is C17H14ClFN2O. The van der Waals surface area contributed by atoms with E-state index in [2.05, 4.69) is 4.98 Å². The fourth-order valence-electron chi connectivity index (χ4n) is 2.51. The zero-order chi connectivity index (χ0) is 15.7. The topological polar surface area (TPSA) is 34.9 Å². The molecule has 0 aliphatic heterocycles. The molecule has 112 valence electrons. The summed E-state index contributed by atoms with van der Waals surface area (Å²) in [7, 11) is 0. The summed E-state index contributed by atoms with van der Waals surface area (Å²) in [6.07, 6.45) is 1.45. The van der Waals surface area contributed by atoms with Crippen molar-refractivity contribution >= 4 is 22.5 Å². The Bertz CT molecular complexity index is 905. The van der Waals surface area contributed by atoms with Crippen LogP contribution in [-0.2, 0) is 6.42 Å². The summed E-state index contributed by atoms with van der Waals surface area (Å²) < 4.78 is 15.0. The molecule has 0 spiro atoms. The van der Waals surface area contributed by atoms with E-state index in [0.717, 1.165) is 6.42 Å². The van der Waals surface area contributed by atoms with Crippen LogP contribution in [0.5, 0.6) is 0 Å². The van der Waals surface area contributed by atoms with Crippen LogP contribution in [0, 0.1) is 5.82 Å². The molecule has 2 aromatic carbocycles. The minimum Gasteiger partial charge on any atom is -0.268 e. The fourth-order valence-corrected chi connectivity index (χ4v) is 2.76. The molecular weight excluding hydrogens is 303 g/mol. The summed E-state index contributed by atoms with van der Waals surface area (Å²) in [4.78, 5) is 17.4. The predicted molar refractivity (Wildman–Crippen MR) is 86.3 cm³/mol. The van der Waals surface area contributed by atoms with Crippen LogP contribution in [0.3, 0.4) is 0 Å². The summed E-state index contributed by atoms with van der Waals surface area (Å²) >= 11 is 6.16. The minimum atomic E-state index is -0.397. The second-order valence-electron chi connectivity index (χ2n) is 5.03. The SMILES string of the molecule is CCCc1nc2cccc(Cl)c2c(=O)n1-c1cccc(F)c1. The van der Waals surface area contributed by atoms with Crippen molar-refractivity contribution in [1.82, 2.24) is 9.55 Å². The van der Waals surface area contributed by atoms with E-state index < -0.39 is 5.82 Å². The monoisotopic (exact) mass is 316 g/mol. The molecule has 0 atom stereocenters. The number of hydrogen-bond acceptors (Lipinski definition) is 2. The Hall–Kier alpha value is -2.20. The molecule has 0 radical (unpaired) electrons. The van der Waals surface area contributed by atoms with E-state index in [1.54, 1.807) is 30.3 Å². The third-order valence-electron chi connectivity index (χ3n) is 3.46. The highest BCUT2D eigenvalue weighted by atomic mass is 35.5. The van der Waals surface area contributed by atoms with Gasteiger partial charge in [0.1, 0.15) is 11.6 Å². The second kappa shape index (κ2) is 5.89. The Labute approximate surface area is 132 Å². The molecule has 1 heterocycles. The van der Waals surface area contributed by atoms with Gasteiger partial charge >= 0.3 is 0 Å². The summed E-state index contributed by atoms with van der Waals surface area (Å²) in [6, 6.07) is 11.1. The van der Waals surface area contributed by atoms with Crippen LogP contribution < -0.4 is 5.56 Å². The largest absolute Gasteiger partial charge is 0.268 e. The zero-order valence-corrected chi connectivity index (χ0v) is 12.8. The number of fused-ring (bicyclic) bond motifs is 1. The van der Waals surface area contributed by atoms with Crippen LogP contribution in [-0.4, -0.2) is 9.55 Å². The molecule has 0 aliphatic carbocycles. The molecule has 0 unspecified atom stereocenters. The van der Waals surface area contributed by atoms with Crippen LogP contribution in [0.1, 0.15) is 19.2 Å². The molecule has 0 bridgehead atoms. The highest BCUT2D eigenvalue weighted by Crippen LogP contribution is 2.21. The normalized spacial score (nSPS) is 11.0. The number of rotatable bonds is 3. The summed E-state index contributed by atoms with van der Waals surface area (Å²) in [5.41, 5.74) is 0.751. The van der Waals surface area contributed by atoms with Gasteiger partial charge in [0, 0.05) is 6.42 Å². The maximum atomic E-state index is 13.5. The maximum Gasteiger partial charge on any atom is 0.267 e. The third-order valence-corrected chi connectivity index (χ3v) is 3.77. The average molecular weight is 317 g/mol. The Morgan fingerprint density at radius 3 is 2.73 bits per heavy atom. The molecule has 22 heavy (non-hydrogen) atoms. The number of nitrogens with zero attached hydrogens (tertiary/aromatic N) is 2. The van der Waals surface area contributed by atoms with E-state index in [4.69, 9.17) is 11.6 Å². The van der Waals surface area contributed by atoms with Gasteiger partial charge < -0.3 is 0 Å². The molecule has 0 aliphatic rings. The van der Waals surface area contributed by atoms with E-state index in [1.807, 2.05) is 6.92 Å². The fraction of sp³-hybridized carbons (Fsp3) is 0.176. The first kappa shape index (κ1) is 14.7. The van der Waals surface area contributed by atoms with Crippen molar-refractivity contribution in [2.24, 2.45) is 0 Å². The molecule has 0 saturated heterocycles. The van der Waals surface area contributed by atoms with Gasteiger partial charge in [-0.3, -0.25) is 9.36 Å². The molecule has 0 saturated carbocycles.